The van der Waals surface area contributed by atoms with Gasteiger partial charge in [0.15, 0.2) is 0 Å². The number of hydrogen-bond donors (Lipinski definition) is 1. The van der Waals surface area contributed by atoms with Crippen molar-refractivity contribution in [3.8, 4) is 11.3 Å². The van der Waals surface area contributed by atoms with E-state index in [9.17, 15) is 8.42 Å². The Morgan fingerprint density at radius 1 is 1.17 bits per heavy atom. The summed E-state index contributed by atoms with van der Waals surface area (Å²) < 4.78 is 23.0. The van der Waals surface area contributed by atoms with E-state index < -0.39 is 9.05 Å². The van der Waals surface area contributed by atoms with Crippen LogP contribution in [0.15, 0.2) is 23.2 Å². The van der Waals surface area contributed by atoms with E-state index in [1.54, 1.807) is 0 Å². The number of rotatable bonds is 2. The van der Waals surface area contributed by atoms with Gasteiger partial charge in [0, 0.05) is 16.2 Å². The van der Waals surface area contributed by atoms with Crippen molar-refractivity contribution in [2.24, 2.45) is 0 Å². The van der Waals surface area contributed by atoms with Gasteiger partial charge in [-0.2, -0.15) is 5.10 Å². The van der Waals surface area contributed by atoms with Crippen molar-refractivity contribution in [2.75, 3.05) is 0 Å². The number of aromatic amines is 1. The van der Waals surface area contributed by atoms with Crippen LogP contribution in [0, 0.1) is 20.8 Å². The smallest absolute Gasteiger partial charge is 0.265 e. The third kappa shape index (κ3) is 2.28. The van der Waals surface area contributed by atoms with Crippen molar-refractivity contribution in [3.63, 3.8) is 0 Å². The Bertz CT molecular complexity index is 682. The molecule has 0 fully saturated rings. The highest BCUT2D eigenvalue weighted by atomic mass is 35.7. The van der Waals surface area contributed by atoms with Crippen LogP contribution in [-0.4, -0.2) is 18.6 Å². The Labute approximate surface area is 110 Å². The average molecular weight is 285 g/mol. The van der Waals surface area contributed by atoms with Gasteiger partial charge in [-0.25, -0.2) is 8.42 Å². The molecule has 0 radical (unpaired) electrons. The molecule has 0 saturated carbocycles. The monoisotopic (exact) mass is 284 g/mol. The molecular formula is C12H13ClN2O2S. The van der Waals surface area contributed by atoms with Crippen molar-refractivity contribution >= 4 is 19.7 Å². The van der Waals surface area contributed by atoms with Crippen molar-refractivity contribution in [2.45, 2.75) is 25.7 Å². The summed E-state index contributed by atoms with van der Waals surface area (Å²) in [4.78, 5) is 0.0132. The number of nitrogens with zero attached hydrogens (tertiary/aromatic N) is 1. The van der Waals surface area contributed by atoms with E-state index in [1.165, 1.54) is 6.20 Å². The highest BCUT2D eigenvalue weighted by molar-refractivity contribution is 8.13. The summed E-state index contributed by atoms with van der Waals surface area (Å²) in [5.41, 5.74) is 4.37. The summed E-state index contributed by atoms with van der Waals surface area (Å²) in [5.74, 6) is 0. The van der Waals surface area contributed by atoms with Gasteiger partial charge >= 0.3 is 0 Å². The molecule has 1 heterocycles. The minimum Gasteiger partial charge on any atom is -0.276 e. The minimum absolute atomic E-state index is 0.0132. The van der Waals surface area contributed by atoms with Crippen LogP contribution in [-0.2, 0) is 9.05 Å². The molecule has 0 spiro atoms. The first-order valence-corrected chi connectivity index (χ1v) is 7.68. The maximum Gasteiger partial charge on any atom is 0.265 e. The first kappa shape index (κ1) is 13.1. The predicted octanol–water partition coefficient (Wildman–Crippen LogP) is 2.93. The van der Waals surface area contributed by atoms with Gasteiger partial charge in [0.1, 0.15) is 4.90 Å². The van der Waals surface area contributed by atoms with E-state index in [0.29, 0.717) is 5.69 Å². The molecule has 6 heteroatoms. The van der Waals surface area contributed by atoms with Gasteiger partial charge in [0.2, 0.25) is 0 Å². The van der Waals surface area contributed by atoms with E-state index in [-0.39, 0.29) is 4.90 Å². The van der Waals surface area contributed by atoms with E-state index in [0.717, 1.165) is 22.3 Å². The highest BCUT2D eigenvalue weighted by Gasteiger charge is 2.21. The molecule has 2 aromatic rings. The molecule has 0 unspecified atom stereocenters. The van der Waals surface area contributed by atoms with E-state index >= 15 is 0 Å². The first-order chi connectivity index (χ1) is 8.30. The molecule has 1 aromatic heterocycles. The van der Waals surface area contributed by atoms with Gasteiger partial charge in [-0.05, 0) is 31.9 Å². The molecule has 1 N–H and O–H groups in total. The molecule has 1 aromatic carbocycles. The van der Waals surface area contributed by atoms with Crippen LogP contribution in [0.4, 0.5) is 0 Å². The zero-order valence-electron chi connectivity index (χ0n) is 10.3. The molecule has 2 rings (SSSR count). The van der Waals surface area contributed by atoms with Crippen molar-refractivity contribution < 1.29 is 8.42 Å². The van der Waals surface area contributed by atoms with Crippen molar-refractivity contribution in [1.82, 2.24) is 10.2 Å². The number of hydrogen-bond acceptors (Lipinski definition) is 3. The lowest BCUT2D eigenvalue weighted by molar-refractivity contribution is 0.610. The first-order valence-electron chi connectivity index (χ1n) is 5.37. The molecule has 0 aliphatic carbocycles. The fraction of sp³-hybridized carbons (Fsp3) is 0.250. The SMILES string of the molecule is Cc1cc(C)c(-c2[nH]ncc2S(=O)(=O)Cl)c(C)c1. The Morgan fingerprint density at radius 3 is 2.22 bits per heavy atom. The van der Waals surface area contributed by atoms with Crippen LogP contribution in [0.1, 0.15) is 16.7 Å². The normalized spacial score (nSPS) is 11.8. The number of halogens is 1. The fourth-order valence-corrected chi connectivity index (χ4v) is 3.13. The van der Waals surface area contributed by atoms with Gasteiger partial charge in [0.05, 0.1) is 11.9 Å². The quantitative estimate of drug-likeness (QED) is 0.863. The molecular weight excluding hydrogens is 272 g/mol. The van der Waals surface area contributed by atoms with E-state index in [4.69, 9.17) is 10.7 Å². The number of aryl methyl sites for hydroxylation is 3. The van der Waals surface area contributed by atoms with Crippen LogP contribution in [0.25, 0.3) is 11.3 Å². The highest BCUT2D eigenvalue weighted by Crippen LogP contribution is 2.32. The number of aromatic nitrogens is 2. The van der Waals surface area contributed by atoms with Crippen LogP contribution in [0.3, 0.4) is 0 Å². The Kier molecular flexibility index (Phi) is 3.21. The lowest BCUT2D eigenvalue weighted by Gasteiger charge is -2.10. The molecule has 96 valence electrons. The fourth-order valence-electron chi connectivity index (χ4n) is 2.21. The van der Waals surface area contributed by atoms with E-state index in [1.807, 2.05) is 32.9 Å². The molecule has 0 amide bonds. The maximum absolute atomic E-state index is 11.5. The molecule has 0 saturated heterocycles. The zero-order chi connectivity index (χ0) is 13.5. The molecule has 0 aliphatic heterocycles. The Morgan fingerprint density at radius 2 is 1.72 bits per heavy atom. The lowest BCUT2D eigenvalue weighted by atomic mass is 9.97. The Hall–Kier alpha value is -1.33. The zero-order valence-corrected chi connectivity index (χ0v) is 11.9. The maximum atomic E-state index is 11.5. The van der Waals surface area contributed by atoms with Gasteiger partial charge in [0.25, 0.3) is 9.05 Å². The topological polar surface area (TPSA) is 62.8 Å². The number of nitrogens with one attached hydrogen (secondary N) is 1. The van der Waals surface area contributed by atoms with Gasteiger partial charge < -0.3 is 0 Å². The standard InChI is InChI=1S/C12H13ClN2O2S/c1-7-4-8(2)11(9(3)5-7)12-10(6-14-15-12)18(13,16)17/h4-6H,1-3H3,(H,14,15). The summed E-state index contributed by atoms with van der Waals surface area (Å²) in [7, 11) is 1.60. The lowest BCUT2D eigenvalue weighted by Crippen LogP contribution is -1.96. The summed E-state index contributed by atoms with van der Waals surface area (Å²) in [6.45, 7) is 5.86. The molecule has 0 aliphatic rings. The summed E-state index contributed by atoms with van der Waals surface area (Å²) in [6, 6.07) is 3.99. The second-order valence-electron chi connectivity index (χ2n) is 4.32. The van der Waals surface area contributed by atoms with Crippen molar-refractivity contribution in [3.05, 3.63) is 35.0 Å². The average Bonchev–Trinajstić information content (AvgIpc) is 2.63. The van der Waals surface area contributed by atoms with Crippen LogP contribution < -0.4 is 0 Å². The van der Waals surface area contributed by atoms with Crippen LogP contribution in [0.2, 0.25) is 0 Å². The van der Waals surface area contributed by atoms with Crippen molar-refractivity contribution in [1.29, 1.82) is 0 Å². The number of benzene rings is 1. The second kappa shape index (κ2) is 4.40. The molecule has 0 atom stereocenters. The minimum atomic E-state index is -3.80. The third-order valence-corrected chi connectivity index (χ3v) is 4.13. The molecule has 4 nitrogen and oxygen atoms in total. The summed E-state index contributed by atoms with van der Waals surface area (Å²) in [6.07, 6.45) is 1.23. The summed E-state index contributed by atoms with van der Waals surface area (Å²) in [5, 5.41) is 6.50. The summed E-state index contributed by atoms with van der Waals surface area (Å²) >= 11 is 0. The van der Waals surface area contributed by atoms with Gasteiger partial charge in [-0.15, -0.1) is 0 Å². The second-order valence-corrected chi connectivity index (χ2v) is 6.86. The van der Waals surface area contributed by atoms with Gasteiger partial charge in [-0.3, -0.25) is 5.10 Å². The molecule has 18 heavy (non-hydrogen) atoms. The van der Waals surface area contributed by atoms with Crippen LogP contribution >= 0.6 is 10.7 Å². The number of H-pyrrole nitrogens is 1. The predicted molar refractivity (Wildman–Crippen MR) is 71.3 cm³/mol. The van der Waals surface area contributed by atoms with Gasteiger partial charge in [-0.1, -0.05) is 17.7 Å². The third-order valence-electron chi connectivity index (χ3n) is 2.79. The van der Waals surface area contributed by atoms with Crippen LogP contribution in [0.5, 0.6) is 0 Å². The largest absolute Gasteiger partial charge is 0.276 e. The van der Waals surface area contributed by atoms with E-state index in [2.05, 4.69) is 10.2 Å². The molecule has 0 bridgehead atoms. The Balaban J connectivity index is 2.75.